The van der Waals surface area contributed by atoms with Gasteiger partial charge < -0.3 is 15.2 Å². The molecule has 2 N–H and O–H groups in total. The molecule has 0 aliphatic rings. The van der Waals surface area contributed by atoms with E-state index in [0.717, 1.165) is 6.07 Å². The quantitative estimate of drug-likeness (QED) is 0.605. The van der Waals surface area contributed by atoms with Gasteiger partial charge in [-0.2, -0.15) is 0 Å². The van der Waals surface area contributed by atoms with Crippen LogP contribution in [-0.2, 0) is 4.74 Å². The Kier molecular flexibility index (Phi) is 4.44. The maximum absolute atomic E-state index is 11.1. The van der Waals surface area contributed by atoms with Gasteiger partial charge in [-0.25, -0.2) is 4.79 Å². The van der Waals surface area contributed by atoms with Crippen molar-refractivity contribution in [3.05, 3.63) is 33.9 Å². The van der Waals surface area contributed by atoms with Gasteiger partial charge in [0.05, 0.1) is 16.1 Å². The van der Waals surface area contributed by atoms with Crippen molar-refractivity contribution in [1.29, 1.82) is 0 Å². The van der Waals surface area contributed by atoms with E-state index in [1.165, 1.54) is 12.1 Å². The van der Waals surface area contributed by atoms with Crippen LogP contribution in [0.15, 0.2) is 18.2 Å². The third-order valence-electron chi connectivity index (χ3n) is 2.70. The Morgan fingerprint density at radius 3 is 2.63 bits per heavy atom. The number of nitro benzene ring substituents is 1. The molecule has 0 aliphatic heterocycles. The van der Waals surface area contributed by atoms with Crippen LogP contribution in [-0.4, -0.2) is 35.3 Å². The summed E-state index contributed by atoms with van der Waals surface area (Å²) in [7, 11) is 1.55. The first-order valence-electron chi connectivity index (χ1n) is 5.57. The minimum absolute atomic E-state index is 0.138. The second-order valence-corrected chi connectivity index (χ2v) is 4.61. The van der Waals surface area contributed by atoms with E-state index in [1.54, 1.807) is 7.11 Å². The zero-order chi connectivity index (χ0) is 14.6. The van der Waals surface area contributed by atoms with Crippen LogP contribution >= 0.6 is 0 Å². The minimum atomic E-state index is -1.22. The molecule has 7 heteroatoms. The van der Waals surface area contributed by atoms with E-state index in [0.29, 0.717) is 12.2 Å². The molecule has 7 nitrogen and oxygen atoms in total. The number of methoxy groups -OCH3 is 1. The first-order valence-corrected chi connectivity index (χ1v) is 5.57. The van der Waals surface area contributed by atoms with Crippen LogP contribution in [0, 0.1) is 10.1 Å². The summed E-state index contributed by atoms with van der Waals surface area (Å²) in [6.45, 7) is 4.05. The lowest BCUT2D eigenvalue weighted by Gasteiger charge is -2.24. The molecular weight excluding hydrogens is 252 g/mol. The fraction of sp³-hybridized carbons (Fsp3) is 0.417. The maximum Gasteiger partial charge on any atom is 0.338 e. The van der Waals surface area contributed by atoms with E-state index < -0.39 is 16.5 Å². The number of hydrogen-bond acceptors (Lipinski definition) is 5. The Bertz CT molecular complexity index is 499. The predicted molar refractivity (Wildman–Crippen MR) is 69.6 cm³/mol. The number of anilines is 1. The van der Waals surface area contributed by atoms with Gasteiger partial charge in [-0.05, 0) is 19.9 Å². The van der Waals surface area contributed by atoms with Crippen molar-refractivity contribution in [3.8, 4) is 0 Å². The number of rotatable bonds is 6. The van der Waals surface area contributed by atoms with E-state index >= 15 is 0 Å². The van der Waals surface area contributed by atoms with E-state index in [2.05, 4.69) is 5.32 Å². The van der Waals surface area contributed by atoms with Crippen molar-refractivity contribution in [1.82, 2.24) is 0 Å². The average molecular weight is 268 g/mol. The highest BCUT2D eigenvalue weighted by atomic mass is 16.6. The molecule has 0 radical (unpaired) electrons. The number of hydrogen-bond donors (Lipinski definition) is 2. The molecule has 0 spiro atoms. The third-order valence-corrected chi connectivity index (χ3v) is 2.70. The van der Waals surface area contributed by atoms with Gasteiger partial charge in [-0.1, -0.05) is 0 Å². The second-order valence-electron chi connectivity index (χ2n) is 4.61. The van der Waals surface area contributed by atoms with Crippen molar-refractivity contribution >= 4 is 17.3 Å². The first kappa shape index (κ1) is 14.9. The van der Waals surface area contributed by atoms with E-state index in [-0.39, 0.29) is 11.3 Å². The molecule has 0 amide bonds. The zero-order valence-electron chi connectivity index (χ0n) is 11.0. The number of nitrogens with zero attached hydrogens (tertiary/aromatic N) is 1. The van der Waals surface area contributed by atoms with Crippen molar-refractivity contribution in [2.75, 3.05) is 19.0 Å². The number of carboxylic acid groups (broad SMARTS) is 1. The highest BCUT2D eigenvalue weighted by molar-refractivity contribution is 5.95. The Morgan fingerprint density at radius 2 is 2.16 bits per heavy atom. The van der Waals surface area contributed by atoms with Crippen LogP contribution in [0.4, 0.5) is 11.4 Å². The van der Waals surface area contributed by atoms with Crippen LogP contribution in [0.1, 0.15) is 24.2 Å². The molecule has 0 saturated heterocycles. The summed E-state index contributed by atoms with van der Waals surface area (Å²) in [6, 6.07) is 3.67. The normalized spacial score (nSPS) is 11.1. The maximum atomic E-state index is 11.1. The SMILES string of the molecule is COC(C)(C)CNc1ccc([N+](=O)[O-])cc1C(=O)O. The summed E-state index contributed by atoms with van der Waals surface area (Å²) in [5.74, 6) is -1.22. The van der Waals surface area contributed by atoms with Crippen molar-refractivity contribution < 1.29 is 19.6 Å². The van der Waals surface area contributed by atoms with Crippen LogP contribution in [0.2, 0.25) is 0 Å². The lowest BCUT2D eigenvalue weighted by molar-refractivity contribution is -0.384. The van der Waals surface area contributed by atoms with E-state index in [4.69, 9.17) is 9.84 Å². The summed E-state index contributed by atoms with van der Waals surface area (Å²) in [5, 5.41) is 22.6. The van der Waals surface area contributed by atoms with Gasteiger partial charge in [0.2, 0.25) is 0 Å². The molecule has 0 aromatic heterocycles. The Balaban J connectivity index is 3.01. The fourth-order valence-corrected chi connectivity index (χ4v) is 1.36. The largest absolute Gasteiger partial charge is 0.478 e. The highest BCUT2D eigenvalue weighted by Gasteiger charge is 2.19. The number of non-ortho nitro benzene ring substituents is 1. The molecule has 1 aromatic carbocycles. The molecule has 1 rings (SSSR count). The number of carboxylic acids is 1. The number of nitrogens with one attached hydrogen (secondary N) is 1. The van der Waals surface area contributed by atoms with Crippen LogP contribution in [0.5, 0.6) is 0 Å². The van der Waals surface area contributed by atoms with Crippen LogP contribution < -0.4 is 5.32 Å². The average Bonchev–Trinajstić information content (AvgIpc) is 2.36. The van der Waals surface area contributed by atoms with Gasteiger partial charge >= 0.3 is 5.97 Å². The highest BCUT2D eigenvalue weighted by Crippen LogP contribution is 2.23. The van der Waals surface area contributed by atoms with Gasteiger partial charge in [0.1, 0.15) is 0 Å². The van der Waals surface area contributed by atoms with Gasteiger partial charge in [0, 0.05) is 31.5 Å². The second kappa shape index (κ2) is 5.66. The number of ether oxygens (including phenoxy) is 1. The monoisotopic (exact) mass is 268 g/mol. The molecule has 1 aromatic rings. The molecule has 0 fully saturated rings. The molecule has 0 atom stereocenters. The van der Waals surface area contributed by atoms with Crippen LogP contribution in [0.25, 0.3) is 0 Å². The van der Waals surface area contributed by atoms with Gasteiger partial charge in [-0.3, -0.25) is 10.1 Å². The predicted octanol–water partition coefficient (Wildman–Crippen LogP) is 2.13. The summed E-state index contributed by atoms with van der Waals surface area (Å²) >= 11 is 0. The lowest BCUT2D eigenvalue weighted by Crippen LogP contribution is -2.32. The third kappa shape index (κ3) is 3.92. The number of benzene rings is 1. The number of aromatic carboxylic acids is 1. The lowest BCUT2D eigenvalue weighted by atomic mass is 10.1. The van der Waals surface area contributed by atoms with Crippen molar-refractivity contribution in [3.63, 3.8) is 0 Å². The minimum Gasteiger partial charge on any atom is -0.478 e. The summed E-state index contributed by atoms with van der Waals surface area (Å²) < 4.78 is 5.20. The van der Waals surface area contributed by atoms with Crippen molar-refractivity contribution in [2.45, 2.75) is 19.4 Å². The van der Waals surface area contributed by atoms with Crippen LogP contribution in [0.3, 0.4) is 0 Å². The summed E-state index contributed by atoms with van der Waals surface area (Å²) in [6.07, 6.45) is 0. The molecule has 0 unspecified atom stereocenters. The van der Waals surface area contributed by atoms with Gasteiger partial charge in [-0.15, -0.1) is 0 Å². The standard InChI is InChI=1S/C12H16N2O5/c1-12(2,19-3)7-13-10-5-4-8(14(17)18)6-9(10)11(15)16/h4-6,13H,7H2,1-3H3,(H,15,16). The molecular formula is C12H16N2O5. The molecule has 104 valence electrons. The number of carbonyl (C=O) groups is 1. The topological polar surface area (TPSA) is 102 Å². The Morgan fingerprint density at radius 1 is 1.53 bits per heavy atom. The smallest absolute Gasteiger partial charge is 0.338 e. The van der Waals surface area contributed by atoms with Gasteiger partial charge in [0.15, 0.2) is 0 Å². The molecule has 0 aliphatic carbocycles. The molecule has 0 heterocycles. The number of nitro groups is 1. The Labute approximate surface area is 110 Å². The van der Waals surface area contributed by atoms with Gasteiger partial charge in [0.25, 0.3) is 5.69 Å². The summed E-state index contributed by atoms with van der Waals surface area (Å²) in [5.41, 5.74) is -0.546. The zero-order valence-corrected chi connectivity index (χ0v) is 11.0. The fourth-order valence-electron chi connectivity index (χ4n) is 1.36. The van der Waals surface area contributed by atoms with E-state index in [1.807, 2.05) is 13.8 Å². The first-order chi connectivity index (χ1) is 8.76. The van der Waals surface area contributed by atoms with Crippen molar-refractivity contribution in [2.24, 2.45) is 0 Å². The Hall–Kier alpha value is -2.15. The molecule has 0 bridgehead atoms. The van der Waals surface area contributed by atoms with E-state index in [9.17, 15) is 14.9 Å². The summed E-state index contributed by atoms with van der Waals surface area (Å²) in [4.78, 5) is 21.1. The molecule has 19 heavy (non-hydrogen) atoms. The molecule has 0 saturated carbocycles.